The Morgan fingerprint density at radius 2 is 1.88 bits per heavy atom. The third-order valence-electron chi connectivity index (χ3n) is 3.96. The first-order valence-electron chi connectivity index (χ1n) is 8.29. The number of aromatic nitrogens is 3. The van der Waals surface area contributed by atoms with Gasteiger partial charge in [0.25, 0.3) is 0 Å². The van der Waals surface area contributed by atoms with Gasteiger partial charge < -0.3 is 4.52 Å². The number of nitrogens with zero attached hydrogens (tertiary/aromatic N) is 4. The van der Waals surface area contributed by atoms with Crippen LogP contribution in [0, 0.1) is 0 Å². The Hall–Kier alpha value is -2.40. The summed E-state index contributed by atoms with van der Waals surface area (Å²) in [5, 5.41) is 8.38. The third-order valence-corrected chi connectivity index (χ3v) is 3.96. The van der Waals surface area contributed by atoms with Gasteiger partial charge in [0.1, 0.15) is 5.76 Å². The van der Waals surface area contributed by atoms with E-state index in [4.69, 9.17) is 4.52 Å². The van der Waals surface area contributed by atoms with Gasteiger partial charge in [-0.25, -0.2) is 0 Å². The molecular formula is C19H24N4O. The summed E-state index contributed by atoms with van der Waals surface area (Å²) >= 11 is 0. The first kappa shape index (κ1) is 16.5. The summed E-state index contributed by atoms with van der Waals surface area (Å²) < 4.78 is 7.29. The summed E-state index contributed by atoms with van der Waals surface area (Å²) in [4.78, 5) is 2.24. The topological polar surface area (TPSA) is 47.1 Å². The molecule has 24 heavy (non-hydrogen) atoms. The molecule has 0 unspecified atom stereocenters. The Morgan fingerprint density at radius 3 is 2.50 bits per heavy atom. The lowest BCUT2D eigenvalue weighted by Crippen LogP contribution is -2.17. The van der Waals surface area contributed by atoms with Crippen molar-refractivity contribution in [1.29, 1.82) is 0 Å². The second-order valence-corrected chi connectivity index (χ2v) is 6.57. The molecule has 0 radical (unpaired) electrons. The minimum Gasteiger partial charge on any atom is -0.361 e. The molecule has 0 aliphatic rings. The molecule has 0 spiro atoms. The molecule has 126 valence electrons. The Bertz CT molecular complexity index is 744. The fourth-order valence-electron chi connectivity index (χ4n) is 2.65. The predicted molar refractivity (Wildman–Crippen MR) is 93.5 cm³/mol. The largest absolute Gasteiger partial charge is 0.361 e. The lowest BCUT2D eigenvalue weighted by molar-refractivity contribution is 0.299. The van der Waals surface area contributed by atoms with Crippen molar-refractivity contribution < 1.29 is 4.52 Å². The molecule has 1 aromatic carbocycles. The van der Waals surface area contributed by atoms with E-state index < -0.39 is 0 Å². The van der Waals surface area contributed by atoms with Gasteiger partial charge in [-0.05, 0) is 24.2 Å². The van der Waals surface area contributed by atoms with E-state index in [1.165, 1.54) is 11.1 Å². The smallest absolute Gasteiger partial charge is 0.139 e. The molecule has 0 bridgehead atoms. The van der Waals surface area contributed by atoms with E-state index in [1.54, 1.807) is 6.20 Å². The number of benzene rings is 1. The highest BCUT2D eigenvalue weighted by atomic mass is 16.5. The molecule has 5 heteroatoms. The summed E-state index contributed by atoms with van der Waals surface area (Å²) in [6.45, 7) is 6.69. The lowest BCUT2D eigenvalue weighted by Gasteiger charge is -2.15. The van der Waals surface area contributed by atoms with Gasteiger partial charge in [0.15, 0.2) is 0 Å². The van der Waals surface area contributed by atoms with Crippen LogP contribution in [0.25, 0.3) is 0 Å². The van der Waals surface area contributed by atoms with Gasteiger partial charge in [-0.15, -0.1) is 0 Å². The van der Waals surface area contributed by atoms with Crippen molar-refractivity contribution in [1.82, 2.24) is 19.8 Å². The van der Waals surface area contributed by atoms with E-state index in [0.717, 1.165) is 31.1 Å². The van der Waals surface area contributed by atoms with Crippen molar-refractivity contribution in [3.63, 3.8) is 0 Å². The van der Waals surface area contributed by atoms with E-state index in [0.29, 0.717) is 5.92 Å². The van der Waals surface area contributed by atoms with Crippen molar-refractivity contribution in [3.8, 4) is 0 Å². The van der Waals surface area contributed by atoms with E-state index in [-0.39, 0.29) is 0 Å². The van der Waals surface area contributed by atoms with Crippen LogP contribution in [0.1, 0.15) is 42.3 Å². The molecule has 3 rings (SSSR count). The van der Waals surface area contributed by atoms with Crippen LogP contribution in [0.3, 0.4) is 0 Å². The molecule has 0 aliphatic heterocycles. The van der Waals surface area contributed by atoms with Crippen LogP contribution >= 0.6 is 0 Å². The molecule has 2 aromatic heterocycles. The van der Waals surface area contributed by atoms with Crippen LogP contribution < -0.4 is 0 Å². The molecular weight excluding hydrogens is 300 g/mol. The van der Waals surface area contributed by atoms with Crippen LogP contribution in [-0.4, -0.2) is 26.9 Å². The van der Waals surface area contributed by atoms with Crippen LogP contribution in [-0.2, 0) is 19.6 Å². The first-order chi connectivity index (χ1) is 11.6. The van der Waals surface area contributed by atoms with Crippen molar-refractivity contribution in [3.05, 3.63) is 71.4 Å². The van der Waals surface area contributed by atoms with Crippen molar-refractivity contribution in [2.24, 2.45) is 0 Å². The van der Waals surface area contributed by atoms with E-state index in [1.807, 2.05) is 23.0 Å². The van der Waals surface area contributed by atoms with E-state index in [2.05, 4.69) is 60.3 Å². The molecule has 2 heterocycles. The van der Waals surface area contributed by atoms with Crippen LogP contribution in [0.4, 0.5) is 0 Å². The molecule has 0 fully saturated rings. The normalized spacial score (nSPS) is 11.5. The lowest BCUT2D eigenvalue weighted by atomic mass is 10.1. The Morgan fingerprint density at radius 1 is 1.12 bits per heavy atom. The monoisotopic (exact) mass is 324 g/mol. The number of rotatable bonds is 7. The average Bonchev–Trinajstić information content (AvgIpc) is 3.21. The van der Waals surface area contributed by atoms with Crippen molar-refractivity contribution >= 4 is 0 Å². The minimum absolute atomic E-state index is 0.374. The predicted octanol–water partition coefficient (Wildman–Crippen LogP) is 3.67. The maximum atomic E-state index is 5.36. The van der Waals surface area contributed by atoms with Crippen LogP contribution in [0.5, 0.6) is 0 Å². The van der Waals surface area contributed by atoms with Gasteiger partial charge >= 0.3 is 0 Å². The standard InChI is InChI=1S/C19H24N4O/c1-15(2)19-11-18(21-24-19)14-22(3)12-16-5-7-17(8-6-16)13-23-10-4-9-20-23/h4-11,15H,12-14H2,1-3H3. The second-order valence-electron chi connectivity index (χ2n) is 6.57. The first-order valence-corrected chi connectivity index (χ1v) is 8.29. The Kier molecular flexibility index (Phi) is 5.11. The molecule has 3 aromatic rings. The highest BCUT2D eigenvalue weighted by Crippen LogP contribution is 2.16. The zero-order valence-corrected chi connectivity index (χ0v) is 14.5. The zero-order valence-electron chi connectivity index (χ0n) is 14.5. The van der Waals surface area contributed by atoms with Gasteiger partial charge in [-0.2, -0.15) is 5.10 Å². The number of hydrogen-bond donors (Lipinski definition) is 0. The van der Waals surface area contributed by atoms with Gasteiger partial charge in [0.05, 0.1) is 12.2 Å². The molecule has 0 atom stereocenters. The van der Waals surface area contributed by atoms with Crippen LogP contribution in [0.2, 0.25) is 0 Å². The van der Waals surface area contributed by atoms with Gasteiger partial charge in [-0.3, -0.25) is 9.58 Å². The summed E-state index contributed by atoms with van der Waals surface area (Å²) in [6, 6.07) is 12.7. The van der Waals surface area contributed by atoms with Gasteiger partial charge in [0, 0.05) is 37.5 Å². The average molecular weight is 324 g/mol. The maximum Gasteiger partial charge on any atom is 0.139 e. The fraction of sp³-hybridized carbons (Fsp3) is 0.368. The molecule has 0 aliphatic carbocycles. The molecule has 0 saturated carbocycles. The quantitative estimate of drug-likeness (QED) is 0.665. The van der Waals surface area contributed by atoms with Gasteiger partial charge in [-0.1, -0.05) is 43.3 Å². The Balaban J connectivity index is 1.54. The molecule has 0 saturated heterocycles. The Labute approximate surface area is 142 Å². The van der Waals surface area contributed by atoms with E-state index >= 15 is 0 Å². The molecule has 0 amide bonds. The maximum absolute atomic E-state index is 5.36. The summed E-state index contributed by atoms with van der Waals surface area (Å²) in [5.41, 5.74) is 3.52. The molecule has 0 N–H and O–H groups in total. The summed E-state index contributed by atoms with van der Waals surface area (Å²) in [7, 11) is 2.10. The van der Waals surface area contributed by atoms with Crippen LogP contribution in [0.15, 0.2) is 53.3 Å². The highest BCUT2D eigenvalue weighted by molar-refractivity contribution is 5.22. The van der Waals surface area contributed by atoms with Gasteiger partial charge in [0.2, 0.25) is 0 Å². The zero-order chi connectivity index (χ0) is 16.9. The molecule has 5 nitrogen and oxygen atoms in total. The number of hydrogen-bond acceptors (Lipinski definition) is 4. The van der Waals surface area contributed by atoms with Crippen molar-refractivity contribution in [2.45, 2.75) is 39.4 Å². The SMILES string of the molecule is CC(C)c1cc(CN(C)Cc2ccc(Cn3cccn3)cc2)no1. The fourth-order valence-corrected chi connectivity index (χ4v) is 2.65. The minimum atomic E-state index is 0.374. The van der Waals surface area contributed by atoms with E-state index in [9.17, 15) is 0 Å². The van der Waals surface area contributed by atoms with Crippen molar-refractivity contribution in [2.75, 3.05) is 7.05 Å². The third kappa shape index (κ3) is 4.32. The summed E-state index contributed by atoms with van der Waals surface area (Å²) in [5.74, 6) is 1.32. The second kappa shape index (κ2) is 7.45. The highest BCUT2D eigenvalue weighted by Gasteiger charge is 2.10. The summed E-state index contributed by atoms with van der Waals surface area (Å²) in [6.07, 6.45) is 3.78.